The molecule has 0 saturated heterocycles. The van der Waals surface area contributed by atoms with Crippen molar-refractivity contribution in [3.05, 3.63) is 29.7 Å². The van der Waals surface area contributed by atoms with Gasteiger partial charge in [0.25, 0.3) is 0 Å². The van der Waals surface area contributed by atoms with E-state index in [-0.39, 0.29) is 11.1 Å². The minimum absolute atomic E-state index is 0.150. The van der Waals surface area contributed by atoms with Crippen molar-refractivity contribution in [1.82, 2.24) is 4.98 Å². The summed E-state index contributed by atoms with van der Waals surface area (Å²) in [6, 6.07) is 4.01. The molecule has 0 atom stereocenters. The molecule has 2 rings (SSSR count). The Labute approximate surface area is 84.3 Å². The molecule has 78 valence electrons. The number of H-pyrrole nitrogens is 1. The first-order chi connectivity index (χ1) is 7.13. The van der Waals surface area contributed by atoms with E-state index in [1.54, 1.807) is 0 Å². The first-order valence-corrected chi connectivity index (χ1v) is 4.22. The molecule has 1 heterocycles. The molecule has 0 radical (unpaired) electrons. The number of fused-ring (bicyclic) bond motifs is 1. The smallest absolute Gasteiger partial charge is 0.354 e. The van der Waals surface area contributed by atoms with E-state index in [0.29, 0.717) is 5.52 Å². The number of phenols is 1. The molecule has 1 aromatic heterocycles. The zero-order chi connectivity index (χ0) is 11.0. The van der Waals surface area contributed by atoms with Crippen molar-refractivity contribution in [3.63, 3.8) is 0 Å². The number of methoxy groups -OCH3 is 1. The molecule has 0 aliphatic heterocycles. The third kappa shape index (κ3) is 1.41. The molecule has 0 aliphatic carbocycles. The fourth-order valence-electron chi connectivity index (χ4n) is 1.38. The van der Waals surface area contributed by atoms with E-state index in [2.05, 4.69) is 9.72 Å². The lowest BCUT2D eigenvalue weighted by Crippen LogP contribution is -2.00. The highest BCUT2D eigenvalue weighted by Crippen LogP contribution is 2.25. The predicted molar refractivity (Wildman–Crippen MR) is 51.3 cm³/mol. The van der Waals surface area contributed by atoms with Crippen LogP contribution < -0.4 is 0 Å². The van der Waals surface area contributed by atoms with E-state index in [0.717, 1.165) is 0 Å². The van der Waals surface area contributed by atoms with Crippen LogP contribution in [0.25, 0.3) is 10.9 Å². The average molecular weight is 209 g/mol. The van der Waals surface area contributed by atoms with E-state index >= 15 is 0 Å². The summed E-state index contributed by atoms with van der Waals surface area (Å²) in [4.78, 5) is 13.8. The maximum atomic E-state index is 13.4. The number of benzene rings is 1. The largest absolute Gasteiger partial charge is 0.505 e. The second-order valence-corrected chi connectivity index (χ2v) is 3.03. The molecule has 15 heavy (non-hydrogen) atoms. The lowest BCUT2D eigenvalue weighted by atomic mass is 10.2. The van der Waals surface area contributed by atoms with Gasteiger partial charge in [0.05, 0.1) is 7.11 Å². The number of aromatic amines is 1. The molecule has 4 nitrogen and oxygen atoms in total. The number of carbonyl (C=O) groups excluding carboxylic acids is 1. The molecule has 2 N–H and O–H groups in total. The molecule has 0 unspecified atom stereocenters. The highest BCUT2D eigenvalue weighted by molar-refractivity contribution is 5.95. The van der Waals surface area contributed by atoms with Crippen molar-refractivity contribution in [3.8, 4) is 5.75 Å². The van der Waals surface area contributed by atoms with Crippen LogP contribution in [0.3, 0.4) is 0 Å². The number of phenolic OH excluding ortho intramolecular Hbond substituents is 1. The number of halogens is 1. The number of ether oxygens (including phenoxy) is 1. The van der Waals surface area contributed by atoms with Crippen molar-refractivity contribution < 1.29 is 19.0 Å². The predicted octanol–water partition coefficient (Wildman–Crippen LogP) is 1.80. The highest BCUT2D eigenvalue weighted by atomic mass is 19.1. The molecule has 0 amide bonds. The van der Waals surface area contributed by atoms with E-state index in [1.165, 1.54) is 25.3 Å². The maximum absolute atomic E-state index is 13.4. The van der Waals surface area contributed by atoms with Crippen LogP contribution >= 0.6 is 0 Å². The van der Waals surface area contributed by atoms with Crippen LogP contribution in [0.4, 0.5) is 4.39 Å². The van der Waals surface area contributed by atoms with Crippen molar-refractivity contribution >= 4 is 16.9 Å². The summed E-state index contributed by atoms with van der Waals surface area (Å²) >= 11 is 0. The third-order valence-corrected chi connectivity index (χ3v) is 2.12. The zero-order valence-corrected chi connectivity index (χ0v) is 7.87. The average Bonchev–Trinajstić information content (AvgIpc) is 2.67. The number of aromatic nitrogens is 1. The van der Waals surface area contributed by atoms with Gasteiger partial charge in [-0.1, -0.05) is 0 Å². The standard InChI is InChI=1S/C10H8FNO3/c1-15-10(14)7-4-5-6(12-7)2-3-8(13)9(5)11/h2-4,12-13H,1H3. The van der Waals surface area contributed by atoms with Gasteiger partial charge in [0.2, 0.25) is 0 Å². The second kappa shape index (κ2) is 3.27. The minimum Gasteiger partial charge on any atom is -0.505 e. The number of carbonyl (C=O) groups is 1. The van der Waals surface area contributed by atoms with Crippen LogP contribution in [-0.4, -0.2) is 23.2 Å². The monoisotopic (exact) mass is 209 g/mol. The summed E-state index contributed by atoms with van der Waals surface area (Å²) in [5, 5.41) is 9.28. The normalized spacial score (nSPS) is 10.5. The highest BCUT2D eigenvalue weighted by Gasteiger charge is 2.13. The summed E-state index contributed by atoms with van der Waals surface area (Å²) in [5.41, 5.74) is 0.586. The Balaban J connectivity index is 2.66. The Morgan fingerprint density at radius 2 is 2.27 bits per heavy atom. The number of nitrogens with one attached hydrogen (secondary N) is 1. The number of hydrogen-bond acceptors (Lipinski definition) is 3. The fourth-order valence-corrected chi connectivity index (χ4v) is 1.38. The summed E-state index contributed by atoms with van der Waals surface area (Å²) in [7, 11) is 1.24. The van der Waals surface area contributed by atoms with Gasteiger partial charge in [0.1, 0.15) is 5.69 Å². The lowest BCUT2D eigenvalue weighted by Gasteiger charge is -1.94. The molecule has 0 spiro atoms. The Morgan fingerprint density at radius 3 is 2.93 bits per heavy atom. The van der Waals surface area contributed by atoms with Gasteiger partial charge in [0, 0.05) is 10.9 Å². The van der Waals surface area contributed by atoms with Crippen LogP contribution in [0.15, 0.2) is 18.2 Å². The molecule has 0 aliphatic rings. The zero-order valence-electron chi connectivity index (χ0n) is 7.87. The van der Waals surface area contributed by atoms with Gasteiger partial charge in [-0.25, -0.2) is 9.18 Å². The SMILES string of the molecule is COC(=O)c1cc2c(F)c(O)ccc2[nH]1. The molecule has 2 aromatic rings. The Bertz CT molecular complexity index is 533. The molecule has 0 bridgehead atoms. The number of aromatic hydroxyl groups is 1. The van der Waals surface area contributed by atoms with Crippen LogP contribution in [-0.2, 0) is 4.74 Å². The van der Waals surface area contributed by atoms with Crippen molar-refractivity contribution in [2.24, 2.45) is 0 Å². The summed E-state index contributed by atoms with van der Waals surface area (Å²) in [6.07, 6.45) is 0. The molecular weight excluding hydrogens is 201 g/mol. The van der Waals surface area contributed by atoms with Gasteiger partial charge in [-0.15, -0.1) is 0 Å². The number of esters is 1. The van der Waals surface area contributed by atoms with Gasteiger partial charge in [-0.3, -0.25) is 0 Å². The van der Waals surface area contributed by atoms with Crippen LogP contribution in [0.2, 0.25) is 0 Å². The lowest BCUT2D eigenvalue weighted by molar-refractivity contribution is 0.0595. The van der Waals surface area contributed by atoms with E-state index in [4.69, 9.17) is 5.11 Å². The van der Waals surface area contributed by atoms with Gasteiger partial charge >= 0.3 is 5.97 Å². The maximum Gasteiger partial charge on any atom is 0.354 e. The Hall–Kier alpha value is -2.04. The molecule has 5 heteroatoms. The van der Waals surface area contributed by atoms with Gasteiger partial charge in [-0.2, -0.15) is 0 Å². The van der Waals surface area contributed by atoms with Crippen molar-refractivity contribution in [1.29, 1.82) is 0 Å². The van der Waals surface area contributed by atoms with E-state index in [9.17, 15) is 9.18 Å². The van der Waals surface area contributed by atoms with Gasteiger partial charge in [0.15, 0.2) is 11.6 Å². The number of rotatable bonds is 1. The van der Waals surface area contributed by atoms with Crippen LogP contribution in [0.5, 0.6) is 5.75 Å². The van der Waals surface area contributed by atoms with Gasteiger partial charge in [-0.05, 0) is 18.2 Å². The third-order valence-electron chi connectivity index (χ3n) is 2.12. The van der Waals surface area contributed by atoms with E-state index < -0.39 is 17.5 Å². The van der Waals surface area contributed by atoms with Crippen LogP contribution in [0, 0.1) is 5.82 Å². The number of hydrogen-bond donors (Lipinski definition) is 2. The van der Waals surface area contributed by atoms with Crippen molar-refractivity contribution in [2.45, 2.75) is 0 Å². The topological polar surface area (TPSA) is 62.3 Å². The van der Waals surface area contributed by atoms with Gasteiger partial charge < -0.3 is 14.8 Å². The molecule has 0 saturated carbocycles. The molecule has 0 fully saturated rings. The first kappa shape index (κ1) is 9.51. The second-order valence-electron chi connectivity index (χ2n) is 3.03. The van der Waals surface area contributed by atoms with Crippen LogP contribution in [0.1, 0.15) is 10.5 Å². The quantitative estimate of drug-likeness (QED) is 0.704. The molecular formula is C10H8FNO3. The Morgan fingerprint density at radius 1 is 1.53 bits per heavy atom. The van der Waals surface area contributed by atoms with Crippen molar-refractivity contribution in [2.75, 3.05) is 7.11 Å². The van der Waals surface area contributed by atoms with E-state index in [1.807, 2.05) is 0 Å². The Kier molecular flexibility index (Phi) is 2.07. The summed E-state index contributed by atoms with van der Waals surface area (Å²) < 4.78 is 17.8. The minimum atomic E-state index is -0.751. The summed E-state index contributed by atoms with van der Waals surface area (Å²) in [6.45, 7) is 0. The molecule has 1 aromatic carbocycles. The first-order valence-electron chi connectivity index (χ1n) is 4.22. The fraction of sp³-hybridized carbons (Fsp3) is 0.100. The summed E-state index contributed by atoms with van der Waals surface area (Å²) in [5.74, 6) is -1.78.